The largest absolute Gasteiger partial charge is 0.396 e. The van der Waals surface area contributed by atoms with Gasteiger partial charge in [0.15, 0.2) is 0 Å². The van der Waals surface area contributed by atoms with Gasteiger partial charge in [0.1, 0.15) is 5.69 Å². The monoisotopic (exact) mass is 279 g/mol. The summed E-state index contributed by atoms with van der Waals surface area (Å²) in [7, 11) is 0. The van der Waals surface area contributed by atoms with Crippen molar-refractivity contribution in [1.29, 1.82) is 0 Å². The van der Waals surface area contributed by atoms with Crippen LogP contribution in [0.4, 0.5) is 5.69 Å². The number of hydrogen-bond donors (Lipinski definition) is 1. The minimum Gasteiger partial charge on any atom is -0.396 e. The number of nitrogen functional groups attached to an aromatic ring is 1. The fourth-order valence-corrected chi connectivity index (χ4v) is 1.93. The van der Waals surface area contributed by atoms with Gasteiger partial charge >= 0.3 is 0 Å². The summed E-state index contributed by atoms with van der Waals surface area (Å²) < 4.78 is 2.91. The highest BCUT2D eigenvalue weighted by atomic mass is 79.9. The zero-order valence-electron chi connectivity index (χ0n) is 9.31. The molecule has 0 bridgehead atoms. The molecule has 2 rings (SSSR count). The van der Waals surface area contributed by atoms with E-state index in [0.29, 0.717) is 11.7 Å². The van der Waals surface area contributed by atoms with E-state index < -0.39 is 0 Å². The lowest BCUT2D eigenvalue weighted by Gasteiger charge is -2.03. The van der Waals surface area contributed by atoms with Gasteiger partial charge in [0.2, 0.25) is 0 Å². The summed E-state index contributed by atoms with van der Waals surface area (Å²) in [4.78, 5) is 0. The quantitative estimate of drug-likeness (QED) is 0.915. The Bertz CT molecular complexity index is 503. The molecule has 1 aromatic carbocycles. The highest BCUT2D eigenvalue weighted by Gasteiger charge is 2.10. The lowest BCUT2D eigenvalue weighted by atomic mass is 10.1. The van der Waals surface area contributed by atoms with Crippen LogP contribution in [0.2, 0.25) is 0 Å². The predicted molar refractivity (Wildman–Crippen MR) is 70.2 cm³/mol. The molecule has 84 valence electrons. The van der Waals surface area contributed by atoms with E-state index in [1.165, 1.54) is 0 Å². The van der Waals surface area contributed by atoms with Gasteiger partial charge in [-0.1, -0.05) is 28.1 Å². The van der Waals surface area contributed by atoms with Crippen LogP contribution in [-0.2, 0) is 0 Å². The molecule has 0 aliphatic carbocycles. The standard InChI is InChI=1S/C12H14BrN3/c1-8(2)16-7-11(14)12(15-16)9-4-3-5-10(13)6-9/h3-8H,14H2,1-2H3. The molecular formula is C12H14BrN3. The first-order valence-electron chi connectivity index (χ1n) is 5.18. The number of nitrogens with zero attached hydrogens (tertiary/aromatic N) is 2. The SMILES string of the molecule is CC(C)n1cc(N)c(-c2cccc(Br)c2)n1. The minimum atomic E-state index is 0.322. The maximum absolute atomic E-state index is 5.96. The zero-order chi connectivity index (χ0) is 11.7. The third-order valence-corrected chi connectivity index (χ3v) is 2.88. The number of halogens is 1. The van der Waals surface area contributed by atoms with Gasteiger partial charge in [-0.3, -0.25) is 4.68 Å². The fraction of sp³-hybridized carbons (Fsp3) is 0.250. The summed E-state index contributed by atoms with van der Waals surface area (Å²) in [5.41, 5.74) is 8.55. The second-order valence-electron chi connectivity index (χ2n) is 4.02. The first kappa shape index (κ1) is 11.2. The molecule has 2 N–H and O–H groups in total. The van der Waals surface area contributed by atoms with E-state index in [4.69, 9.17) is 5.73 Å². The van der Waals surface area contributed by atoms with E-state index >= 15 is 0 Å². The van der Waals surface area contributed by atoms with Crippen molar-refractivity contribution in [2.75, 3.05) is 5.73 Å². The number of hydrogen-bond acceptors (Lipinski definition) is 2. The van der Waals surface area contributed by atoms with Gasteiger partial charge in [-0.25, -0.2) is 0 Å². The molecular weight excluding hydrogens is 266 g/mol. The molecule has 0 radical (unpaired) electrons. The van der Waals surface area contributed by atoms with Gasteiger partial charge in [0.25, 0.3) is 0 Å². The Morgan fingerprint density at radius 2 is 2.12 bits per heavy atom. The summed E-state index contributed by atoms with van der Waals surface area (Å²) in [6.45, 7) is 4.16. The van der Waals surface area contributed by atoms with Crippen molar-refractivity contribution in [2.45, 2.75) is 19.9 Å². The van der Waals surface area contributed by atoms with Crippen molar-refractivity contribution in [2.24, 2.45) is 0 Å². The third kappa shape index (κ3) is 2.11. The molecule has 0 saturated carbocycles. The average molecular weight is 280 g/mol. The maximum atomic E-state index is 5.96. The molecule has 0 fully saturated rings. The number of rotatable bonds is 2. The van der Waals surface area contributed by atoms with Crippen LogP contribution in [-0.4, -0.2) is 9.78 Å². The first-order valence-corrected chi connectivity index (χ1v) is 5.98. The number of benzene rings is 1. The molecule has 0 amide bonds. The topological polar surface area (TPSA) is 43.8 Å². The Balaban J connectivity index is 2.48. The van der Waals surface area contributed by atoms with Crippen molar-refractivity contribution in [3.63, 3.8) is 0 Å². The summed E-state index contributed by atoms with van der Waals surface area (Å²) >= 11 is 3.44. The van der Waals surface area contributed by atoms with E-state index in [0.717, 1.165) is 15.7 Å². The molecule has 0 saturated heterocycles. The summed E-state index contributed by atoms with van der Waals surface area (Å²) in [6, 6.07) is 8.31. The average Bonchev–Trinajstić information content (AvgIpc) is 2.60. The van der Waals surface area contributed by atoms with Gasteiger partial charge in [-0.05, 0) is 26.0 Å². The molecule has 1 heterocycles. The molecule has 2 aromatic rings. The smallest absolute Gasteiger partial charge is 0.115 e. The van der Waals surface area contributed by atoms with Gasteiger partial charge in [-0.2, -0.15) is 5.10 Å². The molecule has 0 aliphatic heterocycles. The Labute approximate surface area is 103 Å². The van der Waals surface area contributed by atoms with Crippen molar-refractivity contribution in [3.8, 4) is 11.3 Å². The van der Waals surface area contributed by atoms with E-state index in [1.54, 1.807) is 0 Å². The summed E-state index contributed by atoms with van der Waals surface area (Å²) in [6.07, 6.45) is 1.88. The maximum Gasteiger partial charge on any atom is 0.115 e. The number of anilines is 1. The fourth-order valence-electron chi connectivity index (χ4n) is 1.53. The predicted octanol–water partition coefficient (Wildman–Crippen LogP) is 3.48. The van der Waals surface area contributed by atoms with E-state index in [-0.39, 0.29) is 0 Å². The molecule has 0 spiro atoms. The Morgan fingerprint density at radius 3 is 2.69 bits per heavy atom. The van der Waals surface area contributed by atoms with Crippen molar-refractivity contribution in [3.05, 3.63) is 34.9 Å². The second kappa shape index (κ2) is 4.29. The normalized spacial score (nSPS) is 11.0. The van der Waals surface area contributed by atoms with Gasteiger partial charge in [-0.15, -0.1) is 0 Å². The molecule has 3 nitrogen and oxygen atoms in total. The third-order valence-electron chi connectivity index (χ3n) is 2.39. The van der Waals surface area contributed by atoms with Crippen LogP contribution < -0.4 is 5.73 Å². The van der Waals surface area contributed by atoms with E-state index in [1.807, 2.05) is 35.1 Å². The Hall–Kier alpha value is -1.29. The van der Waals surface area contributed by atoms with Crippen LogP contribution in [0.5, 0.6) is 0 Å². The highest BCUT2D eigenvalue weighted by Crippen LogP contribution is 2.27. The lowest BCUT2D eigenvalue weighted by molar-refractivity contribution is 0.534. The molecule has 0 aliphatic rings. The van der Waals surface area contributed by atoms with Crippen LogP contribution in [0.25, 0.3) is 11.3 Å². The van der Waals surface area contributed by atoms with Crippen LogP contribution in [0.1, 0.15) is 19.9 Å². The van der Waals surface area contributed by atoms with Crippen LogP contribution in [0.3, 0.4) is 0 Å². The van der Waals surface area contributed by atoms with Crippen LogP contribution >= 0.6 is 15.9 Å². The van der Waals surface area contributed by atoms with Crippen LogP contribution in [0.15, 0.2) is 34.9 Å². The summed E-state index contributed by atoms with van der Waals surface area (Å²) in [5.74, 6) is 0. The second-order valence-corrected chi connectivity index (χ2v) is 4.93. The molecule has 16 heavy (non-hydrogen) atoms. The molecule has 0 atom stereocenters. The van der Waals surface area contributed by atoms with Crippen LogP contribution in [0, 0.1) is 0 Å². The van der Waals surface area contributed by atoms with Gasteiger partial charge in [0, 0.05) is 22.3 Å². The molecule has 1 aromatic heterocycles. The van der Waals surface area contributed by atoms with Gasteiger partial charge < -0.3 is 5.73 Å². The molecule has 0 unspecified atom stereocenters. The summed E-state index contributed by atoms with van der Waals surface area (Å²) in [5, 5.41) is 4.49. The lowest BCUT2D eigenvalue weighted by Crippen LogP contribution is -2.00. The van der Waals surface area contributed by atoms with Gasteiger partial charge in [0.05, 0.1) is 5.69 Å². The Morgan fingerprint density at radius 1 is 1.38 bits per heavy atom. The van der Waals surface area contributed by atoms with Crippen molar-refractivity contribution in [1.82, 2.24) is 9.78 Å². The number of nitrogens with two attached hydrogens (primary N) is 1. The highest BCUT2D eigenvalue weighted by molar-refractivity contribution is 9.10. The first-order chi connectivity index (χ1) is 7.58. The van der Waals surface area contributed by atoms with Crippen molar-refractivity contribution < 1.29 is 0 Å². The van der Waals surface area contributed by atoms with Crippen molar-refractivity contribution >= 4 is 21.6 Å². The molecule has 4 heteroatoms. The number of aromatic nitrogens is 2. The van der Waals surface area contributed by atoms with E-state index in [9.17, 15) is 0 Å². The minimum absolute atomic E-state index is 0.322. The zero-order valence-corrected chi connectivity index (χ0v) is 10.9. The van der Waals surface area contributed by atoms with E-state index in [2.05, 4.69) is 34.9 Å². The Kier molecular flexibility index (Phi) is 3.01.